The molecule has 1 aromatic carbocycles. The summed E-state index contributed by atoms with van der Waals surface area (Å²) in [5, 5.41) is 12.2. The molecule has 1 atom stereocenters. The fourth-order valence-electron chi connectivity index (χ4n) is 2.81. The summed E-state index contributed by atoms with van der Waals surface area (Å²) in [6.45, 7) is 0.998. The number of anilines is 1. The van der Waals surface area contributed by atoms with Gasteiger partial charge in [-0.15, -0.1) is 0 Å². The zero-order valence-electron chi connectivity index (χ0n) is 13.1. The highest BCUT2D eigenvalue weighted by Gasteiger charge is 2.30. The molecule has 0 bridgehead atoms. The van der Waals surface area contributed by atoms with Crippen molar-refractivity contribution in [2.24, 2.45) is 5.41 Å². The Hall–Kier alpha value is -1.73. The van der Waals surface area contributed by atoms with E-state index in [0.29, 0.717) is 12.2 Å². The number of piperidine rings is 1. The van der Waals surface area contributed by atoms with Gasteiger partial charge in [-0.2, -0.15) is 8.78 Å². The highest BCUT2D eigenvalue weighted by molar-refractivity contribution is 5.92. The van der Waals surface area contributed by atoms with Crippen LogP contribution in [0.1, 0.15) is 19.8 Å². The van der Waals surface area contributed by atoms with E-state index in [2.05, 4.69) is 10.1 Å². The fourth-order valence-corrected chi connectivity index (χ4v) is 2.81. The van der Waals surface area contributed by atoms with Crippen molar-refractivity contribution in [2.45, 2.75) is 26.4 Å². The normalized spacial score (nSPS) is 22.1. The monoisotopic (exact) mass is 328 g/mol. The zero-order valence-corrected chi connectivity index (χ0v) is 13.1. The van der Waals surface area contributed by atoms with Crippen LogP contribution in [0.2, 0.25) is 0 Å². The summed E-state index contributed by atoms with van der Waals surface area (Å²) in [4.78, 5) is 14.1. The van der Waals surface area contributed by atoms with E-state index >= 15 is 0 Å². The SMILES string of the molecule is CC1(CO)CCCN(CC(=O)Nc2ccc(OC(F)F)cc2)C1. The Balaban J connectivity index is 1.84. The molecular weight excluding hydrogens is 306 g/mol. The number of rotatable bonds is 6. The number of ether oxygens (including phenoxy) is 1. The van der Waals surface area contributed by atoms with Gasteiger partial charge in [0.05, 0.1) is 6.54 Å². The average Bonchev–Trinajstić information content (AvgIpc) is 2.49. The number of benzene rings is 1. The third-order valence-corrected chi connectivity index (χ3v) is 3.97. The van der Waals surface area contributed by atoms with E-state index in [9.17, 15) is 18.7 Å². The minimum Gasteiger partial charge on any atom is -0.435 e. The lowest BCUT2D eigenvalue weighted by Gasteiger charge is -2.38. The maximum Gasteiger partial charge on any atom is 0.387 e. The van der Waals surface area contributed by atoms with E-state index in [4.69, 9.17) is 0 Å². The number of amides is 1. The van der Waals surface area contributed by atoms with E-state index in [1.165, 1.54) is 24.3 Å². The second kappa shape index (κ2) is 7.70. The molecule has 1 aromatic rings. The van der Waals surface area contributed by atoms with Crippen molar-refractivity contribution < 1.29 is 23.4 Å². The van der Waals surface area contributed by atoms with E-state index in [-0.39, 0.29) is 30.2 Å². The molecule has 128 valence electrons. The zero-order chi connectivity index (χ0) is 16.9. The van der Waals surface area contributed by atoms with E-state index in [1.54, 1.807) is 0 Å². The summed E-state index contributed by atoms with van der Waals surface area (Å²) < 4.78 is 28.4. The minimum absolute atomic E-state index is 0.0488. The van der Waals surface area contributed by atoms with Gasteiger partial charge in [-0.25, -0.2) is 0 Å². The fraction of sp³-hybridized carbons (Fsp3) is 0.562. The molecule has 5 nitrogen and oxygen atoms in total. The van der Waals surface area contributed by atoms with E-state index in [0.717, 1.165) is 19.4 Å². The Morgan fingerprint density at radius 3 is 2.74 bits per heavy atom. The van der Waals surface area contributed by atoms with Crippen molar-refractivity contribution in [3.63, 3.8) is 0 Å². The molecule has 2 rings (SSSR count). The first-order chi connectivity index (χ1) is 10.9. The van der Waals surface area contributed by atoms with Crippen molar-refractivity contribution in [1.29, 1.82) is 0 Å². The molecule has 0 saturated carbocycles. The first-order valence-electron chi connectivity index (χ1n) is 7.58. The number of likely N-dealkylation sites (tertiary alicyclic amines) is 1. The van der Waals surface area contributed by atoms with E-state index in [1.807, 2.05) is 11.8 Å². The lowest BCUT2D eigenvalue weighted by molar-refractivity contribution is -0.118. The maximum atomic E-state index is 12.1. The number of hydrogen-bond acceptors (Lipinski definition) is 4. The van der Waals surface area contributed by atoms with Crippen molar-refractivity contribution in [1.82, 2.24) is 4.90 Å². The number of hydrogen-bond donors (Lipinski definition) is 2. The molecule has 0 aromatic heterocycles. The van der Waals surface area contributed by atoms with Crippen LogP contribution in [0, 0.1) is 5.41 Å². The van der Waals surface area contributed by atoms with Gasteiger partial charge in [0.1, 0.15) is 5.75 Å². The summed E-state index contributed by atoms with van der Waals surface area (Å²) in [6, 6.07) is 5.80. The van der Waals surface area contributed by atoms with Crippen LogP contribution in [-0.4, -0.2) is 48.8 Å². The number of aliphatic hydroxyl groups excluding tert-OH is 1. The van der Waals surface area contributed by atoms with Crippen LogP contribution in [0.25, 0.3) is 0 Å². The molecule has 1 fully saturated rings. The van der Waals surface area contributed by atoms with Crippen molar-refractivity contribution in [3.05, 3.63) is 24.3 Å². The number of aliphatic hydroxyl groups is 1. The van der Waals surface area contributed by atoms with Gasteiger partial charge in [0.25, 0.3) is 0 Å². The number of alkyl halides is 2. The third kappa shape index (κ3) is 5.44. The topological polar surface area (TPSA) is 61.8 Å². The molecule has 1 aliphatic rings. The molecule has 0 radical (unpaired) electrons. The number of carbonyl (C=O) groups excluding carboxylic acids is 1. The predicted molar refractivity (Wildman–Crippen MR) is 82.6 cm³/mol. The molecule has 1 aliphatic heterocycles. The van der Waals surface area contributed by atoms with Crippen molar-refractivity contribution in [2.75, 3.05) is 31.6 Å². The van der Waals surface area contributed by atoms with Gasteiger partial charge in [0.2, 0.25) is 5.91 Å². The average molecular weight is 328 g/mol. The highest BCUT2D eigenvalue weighted by Crippen LogP contribution is 2.28. The third-order valence-electron chi connectivity index (χ3n) is 3.97. The number of carbonyl (C=O) groups is 1. The number of halogens is 2. The van der Waals surface area contributed by atoms with Crippen LogP contribution >= 0.6 is 0 Å². The molecule has 1 amide bonds. The molecule has 0 aliphatic carbocycles. The minimum atomic E-state index is -2.87. The van der Waals surface area contributed by atoms with Gasteiger partial charge in [0.15, 0.2) is 0 Å². The lowest BCUT2D eigenvalue weighted by Crippen LogP contribution is -2.46. The Bertz CT molecular complexity index is 525. The van der Waals surface area contributed by atoms with Crippen LogP contribution in [0.5, 0.6) is 5.75 Å². The van der Waals surface area contributed by atoms with Crippen LogP contribution in [0.4, 0.5) is 14.5 Å². The van der Waals surface area contributed by atoms with Crippen molar-refractivity contribution in [3.8, 4) is 5.75 Å². The summed E-state index contributed by atoms with van der Waals surface area (Å²) in [7, 11) is 0. The van der Waals surface area contributed by atoms with Crippen molar-refractivity contribution >= 4 is 11.6 Å². The second-order valence-corrected chi connectivity index (χ2v) is 6.23. The Morgan fingerprint density at radius 2 is 2.13 bits per heavy atom. The molecule has 1 heterocycles. The molecule has 7 heteroatoms. The summed E-state index contributed by atoms with van der Waals surface area (Å²) in [5.74, 6) is -0.123. The van der Waals surface area contributed by atoms with Gasteiger partial charge in [-0.1, -0.05) is 6.92 Å². The quantitative estimate of drug-likeness (QED) is 0.841. The molecule has 1 saturated heterocycles. The first kappa shape index (κ1) is 17.6. The van der Waals surface area contributed by atoms with Gasteiger partial charge >= 0.3 is 6.61 Å². The lowest BCUT2D eigenvalue weighted by atomic mass is 9.83. The molecule has 2 N–H and O–H groups in total. The molecule has 1 unspecified atom stereocenters. The summed E-state index contributed by atoms with van der Waals surface area (Å²) in [5.41, 5.74) is 0.366. The molecule has 0 spiro atoms. The maximum absolute atomic E-state index is 12.1. The summed E-state index contributed by atoms with van der Waals surface area (Å²) in [6.07, 6.45) is 1.90. The highest BCUT2D eigenvalue weighted by atomic mass is 19.3. The van der Waals surface area contributed by atoms with Crippen LogP contribution in [0.15, 0.2) is 24.3 Å². The Morgan fingerprint density at radius 1 is 1.43 bits per heavy atom. The van der Waals surface area contributed by atoms with Crippen LogP contribution in [-0.2, 0) is 4.79 Å². The van der Waals surface area contributed by atoms with Gasteiger partial charge in [-0.05, 0) is 43.7 Å². The largest absolute Gasteiger partial charge is 0.435 e. The van der Waals surface area contributed by atoms with Crippen LogP contribution < -0.4 is 10.1 Å². The van der Waals surface area contributed by atoms with Gasteiger partial charge in [-0.3, -0.25) is 9.69 Å². The van der Waals surface area contributed by atoms with Gasteiger partial charge in [0, 0.05) is 24.3 Å². The van der Waals surface area contributed by atoms with E-state index < -0.39 is 6.61 Å². The first-order valence-corrected chi connectivity index (χ1v) is 7.58. The molecule has 23 heavy (non-hydrogen) atoms. The number of nitrogens with one attached hydrogen (secondary N) is 1. The number of nitrogens with zero attached hydrogens (tertiary/aromatic N) is 1. The molecular formula is C16H22F2N2O3. The van der Waals surface area contributed by atoms with Gasteiger partial charge < -0.3 is 15.2 Å². The smallest absolute Gasteiger partial charge is 0.387 e. The second-order valence-electron chi connectivity index (χ2n) is 6.23. The Labute approximate surface area is 134 Å². The summed E-state index contributed by atoms with van der Waals surface area (Å²) >= 11 is 0. The predicted octanol–water partition coefficient (Wildman–Crippen LogP) is 2.32. The van der Waals surface area contributed by atoms with Crippen LogP contribution in [0.3, 0.4) is 0 Å². The standard InChI is InChI=1S/C16H22F2N2O3/c1-16(11-21)7-2-8-20(10-16)9-14(22)19-12-3-5-13(6-4-12)23-15(17)18/h3-6,15,21H,2,7-11H2,1H3,(H,19,22). The Kier molecular flexibility index (Phi) is 5.90.